The highest BCUT2D eigenvalue weighted by molar-refractivity contribution is 7.47. The molecular weight excluding hydrogens is 693 g/mol. The lowest BCUT2D eigenvalue weighted by Gasteiger charge is -2.24. The molecule has 3 atom stereocenters. The molecule has 0 aromatic rings. The van der Waals surface area contributed by atoms with Gasteiger partial charge < -0.3 is 18.9 Å². The zero-order valence-electron chi connectivity index (χ0n) is 34.8. The van der Waals surface area contributed by atoms with E-state index < -0.39 is 13.9 Å². The molecule has 0 aliphatic heterocycles. The molecular formula is C42H83NO9P+. The van der Waals surface area contributed by atoms with Gasteiger partial charge in [-0.05, 0) is 32.1 Å². The number of ether oxygens (including phenoxy) is 2. The Morgan fingerprint density at radius 1 is 0.679 bits per heavy atom. The number of phosphoric acid groups is 1. The molecule has 10 nitrogen and oxygen atoms in total. The molecule has 0 heterocycles. The van der Waals surface area contributed by atoms with Gasteiger partial charge in [0.25, 0.3) is 0 Å². The molecule has 0 aliphatic carbocycles. The summed E-state index contributed by atoms with van der Waals surface area (Å²) in [5.41, 5.74) is 0. The van der Waals surface area contributed by atoms with Gasteiger partial charge in [-0.15, -0.1) is 0 Å². The van der Waals surface area contributed by atoms with E-state index in [0.717, 1.165) is 89.9 Å². The Hall–Kier alpha value is -1.10. The van der Waals surface area contributed by atoms with E-state index in [2.05, 4.69) is 24.8 Å². The molecule has 0 amide bonds. The van der Waals surface area contributed by atoms with E-state index in [4.69, 9.17) is 23.8 Å². The fourth-order valence-electron chi connectivity index (χ4n) is 5.80. The molecule has 0 fully saturated rings. The number of hydrogen-bond donors (Lipinski definition) is 2. The van der Waals surface area contributed by atoms with Crippen LogP contribution in [0.5, 0.6) is 0 Å². The first kappa shape index (κ1) is 51.9. The van der Waals surface area contributed by atoms with E-state index in [1.54, 1.807) is 0 Å². The van der Waals surface area contributed by atoms with Crippen LogP contribution in [0.3, 0.4) is 0 Å². The summed E-state index contributed by atoms with van der Waals surface area (Å²) in [5, 5.41) is 9.03. The molecule has 0 radical (unpaired) electrons. The van der Waals surface area contributed by atoms with Gasteiger partial charge in [-0.3, -0.25) is 19.1 Å². The van der Waals surface area contributed by atoms with Gasteiger partial charge in [0.1, 0.15) is 32.0 Å². The number of quaternary nitrogens is 1. The number of allylic oxidation sites excluding steroid dienone is 3. The first-order valence-electron chi connectivity index (χ1n) is 21.4. The van der Waals surface area contributed by atoms with Crippen LogP contribution in [0.2, 0.25) is 0 Å². The summed E-state index contributed by atoms with van der Waals surface area (Å²) in [5.74, 6) is -0.273. The quantitative estimate of drug-likeness (QED) is 0.0119. The molecule has 0 aromatic heterocycles. The number of carbonyl (C=O) groups excluding carboxylic acids is 1. The van der Waals surface area contributed by atoms with E-state index >= 15 is 0 Å². The Labute approximate surface area is 325 Å². The van der Waals surface area contributed by atoms with Crippen LogP contribution < -0.4 is 0 Å². The maximum absolute atomic E-state index is 12.5. The summed E-state index contributed by atoms with van der Waals surface area (Å²) in [6, 6.07) is 0. The van der Waals surface area contributed by atoms with Crippen molar-refractivity contribution in [2.75, 3.05) is 54.1 Å². The van der Waals surface area contributed by atoms with Crippen molar-refractivity contribution in [2.24, 2.45) is 0 Å². The molecule has 2 unspecified atom stereocenters. The van der Waals surface area contributed by atoms with Crippen LogP contribution in [-0.2, 0) is 32.8 Å². The van der Waals surface area contributed by atoms with Crippen molar-refractivity contribution in [1.82, 2.24) is 0 Å². The number of esters is 1. The maximum atomic E-state index is 12.5. The molecule has 0 aliphatic rings. The predicted octanol–water partition coefficient (Wildman–Crippen LogP) is 11.5. The van der Waals surface area contributed by atoms with Crippen LogP contribution in [0, 0.1) is 0 Å². The average molecular weight is 777 g/mol. The molecule has 0 rings (SSSR count). The van der Waals surface area contributed by atoms with Gasteiger partial charge in [0.05, 0.1) is 27.7 Å². The predicted molar refractivity (Wildman–Crippen MR) is 218 cm³/mol. The normalized spacial score (nSPS) is 14.6. The van der Waals surface area contributed by atoms with E-state index in [0.29, 0.717) is 24.1 Å². The third-order valence-electron chi connectivity index (χ3n) is 9.27. The van der Waals surface area contributed by atoms with Gasteiger partial charge in [-0.2, -0.15) is 0 Å². The number of unbranched alkanes of at least 4 members (excludes halogenated alkanes) is 20. The first-order valence-corrected chi connectivity index (χ1v) is 22.9. The molecule has 0 aromatic carbocycles. The summed E-state index contributed by atoms with van der Waals surface area (Å²) in [6.07, 6.45) is 35.3. The van der Waals surface area contributed by atoms with Crippen molar-refractivity contribution in [3.05, 3.63) is 24.3 Å². The zero-order valence-corrected chi connectivity index (χ0v) is 35.7. The maximum Gasteiger partial charge on any atom is 0.472 e. The number of likely N-dealkylation sites (N-methyl/N-ethyl adjacent to an activating group) is 1. The van der Waals surface area contributed by atoms with E-state index in [-0.39, 0.29) is 31.9 Å². The monoisotopic (exact) mass is 777 g/mol. The van der Waals surface area contributed by atoms with Gasteiger partial charge in [-0.25, -0.2) is 9.45 Å². The summed E-state index contributed by atoms with van der Waals surface area (Å²) >= 11 is 0. The van der Waals surface area contributed by atoms with Crippen LogP contribution in [-0.4, -0.2) is 86.9 Å². The molecule has 0 spiro atoms. The summed E-state index contributed by atoms with van der Waals surface area (Å²) in [7, 11) is 1.66. The molecule has 2 N–H and O–H groups in total. The molecule has 53 heavy (non-hydrogen) atoms. The Morgan fingerprint density at radius 3 is 1.81 bits per heavy atom. The number of rotatable bonds is 40. The largest absolute Gasteiger partial charge is 0.472 e. The number of nitrogens with zero attached hydrogens (tertiary/aromatic N) is 1. The third kappa shape index (κ3) is 39.0. The second-order valence-corrected chi connectivity index (χ2v) is 17.1. The zero-order chi connectivity index (χ0) is 39.3. The average Bonchev–Trinajstić information content (AvgIpc) is 3.11. The van der Waals surface area contributed by atoms with Crippen LogP contribution >= 0.6 is 7.82 Å². The fourth-order valence-corrected chi connectivity index (χ4v) is 6.54. The van der Waals surface area contributed by atoms with Crippen molar-refractivity contribution in [2.45, 2.75) is 187 Å². The SMILES string of the molecule is CCCCCCCCCCCCCCCC(=O)OC[C@H](COP(=O)(O)OCC[N+](C)(C)C)OCCCCCCCC/C=C\C=C\C(CCCCC)OO. The highest BCUT2D eigenvalue weighted by Gasteiger charge is 2.25. The van der Waals surface area contributed by atoms with Crippen LogP contribution in [0.15, 0.2) is 24.3 Å². The Bertz CT molecular complexity index is 925. The van der Waals surface area contributed by atoms with Crippen LogP contribution in [0.4, 0.5) is 0 Å². The lowest BCUT2D eigenvalue weighted by atomic mass is 10.0. The Balaban J connectivity index is 4.34. The lowest BCUT2D eigenvalue weighted by molar-refractivity contribution is -0.870. The van der Waals surface area contributed by atoms with Crippen molar-refractivity contribution in [1.29, 1.82) is 0 Å². The van der Waals surface area contributed by atoms with E-state index in [1.807, 2.05) is 39.4 Å². The molecule has 0 bridgehead atoms. The molecule has 11 heteroatoms. The van der Waals surface area contributed by atoms with Crippen molar-refractivity contribution < 1.29 is 47.4 Å². The topological polar surface area (TPSA) is 121 Å². The van der Waals surface area contributed by atoms with Crippen molar-refractivity contribution in [3.8, 4) is 0 Å². The van der Waals surface area contributed by atoms with Gasteiger partial charge in [0.2, 0.25) is 0 Å². The molecule has 314 valence electrons. The highest BCUT2D eigenvalue weighted by atomic mass is 31.2. The number of hydrogen-bond acceptors (Lipinski definition) is 8. The summed E-state index contributed by atoms with van der Waals surface area (Å²) in [4.78, 5) is 27.2. The minimum absolute atomic E-state index is 0.0224. The lowest BCUT2D eigenvalue weighted by Crippen LogP contribution is -2.37. The van der Waals surface area contributed by atoms with Gasteiger partial charge in [0, 0.05) is 13.0 Å². The minimum atomic E-state index is -4.26. The van der Waals surface area contributed by atoms with E-state index in [9.17, 15) is 14.3 Å². The van der Waals surface area contributed by atoms with Crippen LogP contribution in [0.25, 0.3) is 0 Å². The molecule has 0 saturated carbocycles. The van der Waals surface area contributed by atoms with E-state index in [1.165, 1.54) is 64.2 Å². The molecule has 0 saturated heterocycles. The number of phosphoric ester groups is 1. The van der Waals surface area contributed by atoms with Crippen LogP contribution in [0.1, 0.15) is 174 Å². The van der Waals surface area contributed by atoms with Gasteiger partial charge in [-0.1, -0.05) is 160 Å². The van der Waals surface area contributed by atoms with Crippen molar-refractivity contribution in [3.63, 3.8) is 0 Å². The highest BCUT2D eigenvalue weighted by Crippen LogP contribution is 2.43. The summed E-state index contributed by atoms with van der Waals surface area (Å²) < 4.78 is 34.9. The Morgan fingerprint density at radius 2 is 1.23 bits per heavy atom. The van der Waals surface area contributed by atoms with Gasteiger partial charge >= 0.3 is 13.8 Å². The minimum Gasteiger partial charge on any atom is -0.463 e. The fraction of sp³-hybridized carbons (Fsp3) is 0.881. The second kappa shape index (κ2) is 36.5. The smallest absolute Gasteiger partial charge is 0.463 e. The third-order valence-corrected chi connectivity index (χ3v) is 10.3. The Kier molecular flexibility index (Phi) is 35.8. The first-order chi connectivity index (χ1) is 25.5. The standard InChI is InChI=1S/C42H82NO9P/c1-6-8-10-11-12-13-14-15-16-20-23-26-30-34-42(44)49-38-41(39-51-53(46,47)50-37-35-43(3,4)5)48-36-31-27-24-21-18-17-19-22-25-29-33-40(52-45)32-28-9-7-2/h22,25,29,33,40-41H,6-21,23-24,26-28,30-32,34-39H2,1-5H3,(H-,45,46,47)/p+1/b25-22-,33-29+/t40?,41-/m1/s1. The number of carbonyl (C=O) groups is 1. The van der Waals surface area contributed by atoms with Crippen molar-refractivity contribution >= 4 is 13.8 Å². The summed E-state index contributed by atoms with van der Waals surface area (Å²) in [6.45, 7) is 5.29. The second-order valence-electron chi connectivity index (χ2n) is 15.6. The van der Waals surface area contributed by atoms with Gasteiger partial charge in [0.15, 0.2) is 0 Å².